The zero-order valence-electron chi connectivity index (χ0n) is 15.4. The van der Waals surface area contributed by atoms with Gasteiger partial charge in [-0.1, -0.05) is 25.0 Å². The summed E-state index contributed by atoms with van der Waals surface area (Å²) in [6.45, 7) is 0. The standard InChI is InChI=1S/C22H32N2/c1-24(2)22(12-5-13-22)18-6-7-20(23)19(16-18)17-8-14-21(15-9-17)10-3-4-11-21/h6-8,16H,3-5,9-15,23H2,1-2H3. The van der Waals surface area contributed by atoms with E-state index in [9.17, 15) is 0 Å². The highest BCUT2D eigenvalue weighted by atomic mass is 15.2. The van der Waals surface area contributed by atoms with E-state index in [1.165, 1.54) is 80.9 Å². The van der Waals surface area contributed by atoms with Gasteiger partial charge < -0.3 is 5.73 Å². The second-order valence-electron chi connectivity index (χ2n) is 8.72. The smallest absolute Gasteiger partial charge is 0.0455 e. The molecule has 1 aromatic rings. The van der Waals surface area contributed by atoms with Crippen molar-refractivity contribution in [3.8, 4) is 0 Å². The predicted octanol–water partition coefficient (Wildman–Crippen LogP) is 5.34. The van der Waals surface area contributed by atoms with E-state index in [2.05, 4.69) is 43.3 Å². The van der Waals surface area contributed by atoms with E-state index in [1.54, 1.807) is 0 Å². The van der Waals surface area contributed by atoms with E-state index in [0.29, 0.717) is 5.41 Å². The summed E-state index contributed by atoms with van der Waals surface area (Å²) in [6, 6.07) is 6.82. The summed E-state index contributed by atoms with van der Waals surface area (Å²) in [5.41, 5.74) is 12.5. The topological polar surface area (TPSA) is 29.3 Å². The van der Waals surface area contributed by atoms with Crippen LogP contribution < -0.4 is 5.73 Å². The van der Waals surface area contributed by atoms with Gasteiger partial charge in [0.1, 0.15) is 0 Å². The molecule has 1 spiro atoms. The van der Waals surface area contributed by atoms with E-state index in [4.69, 9.17) is 5.73 Å². The van der Waals surface area contributed by atoms with Crippen molar-refractivity contribution >= 4 is 11.3 Å². The van der Waals surface area contributed by atoms with Gasteiger partial charge >= 0.3 is 0 Å². The molecule has 24 heavy (non-hydrogen) atoms. The Kier molecular flexibility index (Phi) is 3.99. The van der Waals surface area contributed by atoms with Crippen LogP contribution in [0.3, 0.4) is 0 Å². The van der Waals surface area contributed by atoms with Crippen LogP contribution in [0.4, 0.5) is 5.69 Å². The second kappa shape index (κ2) is 5.91. The number of hydrogen-bond acceptors (Lipinski definition) is 2. The van der Waals surface area contributed by atoms with Crippen molar-refractivity contribution in [1.29, 1.82) is 0 Å². The van der Waals surface area contributed by atoms with Gasteiger partial charge in [0.15, 0.2) is 0 Å². The van der Waals surface area contributed by atoms with Crippen molar-refractivity contribution < 1.29 is 0 Å². The molecular formula is C22H32N2. The fraction of sp³-hybridized carbons (Fsp3) is 0.636. The van der Waals surface area contributed by atoms with Crippen LogP contribution in [0.5, 0.6) is 0 Å². The highest BCUT2D eigenvalue weighted by Gasteiger charge is 2.41. The van der Waals surface area contributed by atoms with Gasteiger partial charge in [0, 0.05) is 16.8 Å². The lowest BCUT2D eigenvalue weighted by Crippen LogP contribution is -2.47. The summed E-state index contributed by atoms with van der Waals surface area (Å²) in [5, 5.41) is 0. The largest absolute Gasteiger partial charge is 0.398 e. The number of nitrogens with zero attached hydrogens (tertiary/aromatic N) is 1. The summed E-state index contributed by atoms with van der Waals surface area (Å²) < 4.78 is 0. The third-order valence-corrected chi connectivity index (χ3v) is 7.34. The third kappa shape index (κ3) is 2.50. The summed E-state index contributed by atoms with van der Waals surface area (Å²) in [5.74, 6) is 0. The van der Waals surface area contributed by atoms with Crippen LogP contribution in [-0.4, -0.2) is 19.0 Å². The molecule has 0 atom stereocenters. The van der Waals surface area contributed by atoms with Crippen LogP contribution in [0.2, 0.25) is 0 Å². The first-order chi connectivity index (χ1) is 11.5. The Labute approximate surface area is 147 Å². The van der Waals surface area contributed by atoms with Crippen LogP contribution in [-0.2, 0) is 5.54 Å². The molecule has 3 aliphatic rings. The van der Waals surface area contributed by atoms with Crippen LogP contribution in [0.1, 0.15) is 75.3 Å². The van der Waals surface area contributed by atoms with Gasteiger partial charge in [-0.25, -0.2) is 0 Å². The molecule has 0 aliphatic heterocycles. The van der Waals surface area contributed by atoms with E-state index in [1.807, 2.05) is 0 Å². The Morgan fingerprint density at radius 2 is 1.71 bits per heavy atom. The molecule has 1 aromatic carbocycles. The summed E-state index contributed by atoms with van der Waals surface area (Å²) in [4.78, 5) is 2.41. The molecule has 2 N–H and O–H groups in total. The van der Waals surface area contributed by atoms with E-state index < -0.39 is 0 Å². The maximum atomic E-state index is 6.39. The first-order valence-corrected chi connectivity index (χ1v) is 9.82. The van der Waals surface area contributed by atoms with Crippen molar-refractivity contribution in [3.05, 3.63) is 35.4 Å². The lowest BCUT2D eigenvalue weighted by molar-refractivity contribution is 0.0577. The van der Waals surface area contributed by atoms with Gasteiger partial charge in [-0.3, -0.25) is 4.90 Å². The molecule has 0 amide bonds. The first-order valence-electron chi connectivity index (χ1n) is 9.82. The normalized spacial score (nSPS) is 24.9. The Hall–Kier alpha value is -1.28. The van der Waals surface area contributed by atoms with Crippen molar-refractivity contribution in [2.75, 3.05) is 19.8 Å². The molecule has 2 heteroatoms. The van der Waals surface area contributed by atoms with Crippen molar-refractivity contribution in [1.82, 2.24) is 4.90 Å². The number of nitrogen functional groups attached to an aromatic ring is 1. The van der Waals surface area contributed by atoms with E-state index >= 15 is 0 Å². The monoisotopic (exact) mass is 324 g/mol. The zero-order chi connectivity index (χ0) is 16.8. The molecule has 2 nitrogen and oxygen atoms in total. The Bertz CT molecular complexity index is 646. The fourth-order valence-electron chi connectivity index (χ4n) is 5.40. The number of hydrogen-bond donors (Lipinski definition) is 1. The Balaban J connectivity index is 1.64. The summed E-state index contributed by atoms with van der Waals surface area (Å²) >= 11 is 0. The van der Waals surface area contributed by atoms with Crippen LogP contribution in [0, 0.1) is 5.41 Å². The average Bonchev–Trinajstić information content (AvgIpc) is 2.97. The molecule has 0 saturated heterocycles. The molecule has 0 heterocycles. The van der Waals surface area contributed by atoms with Crippen LogP contribution in [0.25, 0.3) is 5.57 Å². The molecule has 0 radical (unpaired) electrons. The molecule has 130 valence electrons. The highest BCUT2D eigenvalue weighted by Crippen LogP contribution is 2.51. The number of anilines is 1. The Morgan fingerprint density at radius 1 is 0.958 bits per heavy atom. The first kappa shape index (κ1) is 16.2. The number of rotatable bonds is 3. The van der Waals surface area contributed by atoms with Gasteiger partial charge in [0.2, 0.25) is 0 Å². The predicted molar refractivity (Wildman–Crippen MR) is 103 cm³/mol. The summed E-state index contributed by atoms with van der Waals surface area (Å²) in [6.07, 6.45) is 16.0. The second-order valence-corrected chi connectivity index (χ2v) is 8.72. The molecule has 0 aromatic heterocycles. The maximum absolute atomic E-state index is 6.39. The zero-order valence-corrected chi connectivity index (χ0v) is 15.4. The van der Waals surface area contributed by atoms with Crippen molar-refractivity contribution in [2.24, 2.45) is 5.41 Å². The van der Waals surface area contributed by atoms with Gasteiger partial charge in [0.05, 0.1) is 0 Å². The molecule has 0 bridgehead atoms. The minimum Gasteiger partial charge on any atom is -0.398 e. The van der Waals surface area contributed by atoms with E-state index in [-0.39, 0.29) is 5.54 Å². The Morgan fingerprint density at radius 3 is 2.25 bits per heavy atom. The lowest BCUT2D eigenvalue weighted by atomic mass is 9.69. The molecular weight excluding hydrogens is 292 g/mol. The fourth-order valence-corrected chi connectivity index (χ4v) is 5.40. The van der Waals surface area contributed by atoms with Gasteiger partial charge in [0.25, 0.3) is 0 Å². The average molecular weight is 325 g/mol. The van der Waals surface area contributed by atoms with Gasteiger partial charge in [-0.2, -0.15) is 0 Å². The number of benzene rings is 1. The van der Waals surface area contributed by atoms with Crippen LogP contribution >= 0.6 is 0 Å². The molecule has 2 fully saturated rings. The summed E-state index contributed by atoms with van der Waals surface area (Å²) in [7, 11) is 4.44. The van der Waals surface area contributed by atoms with Gasteiger partial charge in [-0.15, -0.1) is 0 Å². The SMILES string of the molecule is CN(C)C1(c2ccc(N)c(C3=CCC4(CCCC4)CC3)c2)CCC1. The van der Waals surface area contributed by atoms with Crippen LogP contribution in [0.15, 0.2) is 24.3 Å². The third-order valence-electron chi connectivity index (χ3n) is 7.34. The minimum absolute atomic E-state index is 0.240. The molecule has 0 unspecified atom stereocenters. The quantitative estimate of drug-likeness (QED) is 0.761. The number of nitrogens with two attached hydrogens (primary N) is 1. The highest BCUT2D eigenvalue weighted by molar-refractivity contribution is 5.76. The van der Waals surface area contributed by atoms with Crippen molar-refractivity contribution in [2.45, 2.75) is 69.7 Å². The molecule has 2 saturated carbocycles. The maximum Gasteiger partial charge on any atom is 0.0455 e. The lowest BCUT2D eigenvalue weighted by Gasteiger charge is -2.48. The van der Waals surface area contributed by atoms with Crippen molar-refractivity contribution in [3.63, 3.8) is 0 Å². The van der Waals surface area contributed by atoms with Gasteiger partial charge in [-0.05, 0) is 94.1 Å². The number of allylic oxidation sites excluding steroid dienone is 2. The molecule has 4 rings (SSSR count). The minimum atomic E-state index is 0.240. The molecule has 3 aliphatic carbocycles. The van der Waals surface area contributed by atoms with E-state index in [0.717, 1.165) is 5.69 Å².